The molecule has 0 spiro atoms. The smallest absolute Gasteiger partial charge is 0.232 e. The normalized spacial score (nSPS) is 11.6. The molecule has 1 aromatic carbocycles. The first-order valence-electron chi connectivity index (χ1n) is 5.85. The van der Waals surface area contributed by atoms with Crippen LogP contribution in [-0.4, -0.2) is 26.3 Å². The zero-order valence-electron chi connectivity index (χ0n) is 11.4. The van der Waals surface area contributed by atoms with Crippen LogP contribution in [0.2, 0.25) is 0 Å². The first-order chi connectivity index (χ1) is 8.22. The minimum atomic E-state index is -3.21. The number of nitrogens with two attached hydrogens (primary N) is 1. The molecule has 110 valence electrons. The molecule has 7 heteroatoms. The number of anilines is 2. The Labute approximate surface area is 121 Å². The van der Waals surface area contributed by atoms with Crippen molar-refractivity contribution in [3.05, 3.63) is 24.3 Å². The van der Waals surface area contributed by atoms with Crippen molar-refractivity contribution < 1.29 is 8.42 Å². The lowest BCUT2D eigenvalue weighted by Crippen LogP contribution is -2.39. The summed E-state index contributed by atoms with van der Waals surface area (Å²) in [7, 11) is -3.21. The quantitative estimate of drug-likeness (QED) is 0.750. The maximum absolute atomic E-state index is 11.4. The summed E-state index contributed by atoms with van der Waals surface area (Å²) in [5.74, 6) is 0.0639. The summed E-state index contributed by atoms with van der Waals surface area (Å²) in [5.41, 5.74) is 7.05. The molecule has 0 heterocycles. The van der Waals surface area contributed by atoms with Gasteiger partial charge in [-0.05, 0) is 45.0 Å². The van der Waals surface area contributed by atoms with Crippen molar-refractivity contribution in [2.45, 2.75) is 26.3 Å². The Morgan fingerprint density at radius 3 is 2.05 bits per heavy atom. The lowest BCUT2D eigenvalue weighted by Gasteiger charge is -2.19. The molecular weight excluding hydrogens is 286 g/mol. The Morgan fingerprint density at radius 1 is 1.16 bits per heavy atom. The van der Waals surface area contributed by atoms with Crippen LogP contribution in [0.3, 0.4) is 0 Å². The summed E-state index contributed by atoms with van der Waals surface area (Å²) in [6.07, 6.45) is 0. The van der Waals surface area contributed by atoms with Crippen molar-refractivity contribution in [2.24, 2.45) is 5.73 Å². The van der Waals surface area contributed by atoms with Crippen molar-refractivity contribution in [1.29, 1.82) is 0 Å². The van der Waals surface area contributed by atoms with Gasteiger partial charge in [-0.15, -0.1) is 12.4 Å². The van der Waals surface area contributed by atoms with E-state index in [-0.39, 0.29) is 23.7 Å². The molecule has 0 amide bonds. The molecule has 19 heavy (non-hydrogen) atoms. The van der Waals surface area contributed by atoms with Crippen LogP contribution < -0.4 is 15.8 Å². The lowest BCUT2D eigenvalue weighted by atomic mass is 10.1. The second kappa shape index (κ2) is 6.98. The topological polar surface area (TPSA) is 84.2 Å². The monoisotopic (exact) mass is 307 g/mol. The molecule has 0 atom stereocenters. The van der Waals surface area contributed by atoms with Gasteiger partial charge >= 0.3 is 0 Å². The molecule has 1 rings (SSSR count). The zero-order valence-corrected chi connectivity index (χ0v) is 13.1. The van der Waals surface area contributed by atoms with Gasteiger partial charge in [0.2, 0.25) is 10.0 Å². The standard InChI is InChI=1S/C12H21N3O2S.ClH/c1-4-18(16,17)15-11-7-5-10(6-8-11)14-9-12(2,3)13;/h5-8,14-15H,4,9,13H2,1-3H3;1H. The molecule has 0 aromatic heterocycles. The highest BCUT2D eigenvalue weighted by atomic mass is 35.5. The van der Waals surface area contributed by atoms with E-state index in [0.29, 0.717) is 12.2 Å². The minimum Gasteiger partial charge on any atom is -0.383 e. The number of halogens is 1. The van der Waals surface area contributed by atoms with Crippen LogP contribution in [-0.2, 0) is 10.0 Å². The fourth-order valence-corrected chi connectivity index (χ4v) is 1.88. The average Bonchev–Trinajstić information content (AvgIpc) is 2.27. The van der Waals surface area contributed by atoms with E-state index in [0.717, 1.165) is 5.69 Å². The van der Waals surface area contributed by atoms with Crippen LogP contribution in [0.1, 0.15) is 20.8 Å². The van der Waals surface area contributed by atoms with E-state index in [1.807, 2.05) is 26.0 Å². The summed E-state index contributed by atoms with van der Waals surface area (Å²) >= 11 is 0. The number of hydrogen-bond acceptors (Lipinski definition) is 4. The van der Waals surface area contributed by atoms with Crippen LogP contribution in [0.4, 0.5) is 11.4 Å². The molecule has 0 aliphatic rings. The highest BCUT2D eigenvalue weighted by Gasteiger charge is 2.10. The lowest BCUT2D eigenvalue weighted by molar-refractivity contribution is 0.549. The van der Waals surface area contributed by atoms with Gasteiger partial charge in [-0.1, -0.05) is 0 Å². The van der Waals surface area contributed by atoms with Gasteiger partial charge in [-0.25, -0.2) is 8.42 Å². The van der Waals surface area contributed by atoms with Gasteiger partial charge < -0.3 is 11.1 Å². The molecule has 0 radical (unpaired) electrons. The van der Waals surface area contributed by atoms with Gasteiger partial charge in [-0.2, -0.15) is 0 Å². The summed E-state index contributed by atoms with van der Waals surface area (Å²) in [4.78, 5) is 0. The van der Waals surface area contributed by atoms with Gasteiger partial charge in [0.1, 0.15) is 0 Å². The number of rotatable bonds is 6. The highest BCUT2D eigenvalue weighted by molar-refractivity contribution is 7.92. The maximum atomic E-state index is 11.4. The summed E-state index contributed by atoms with van der Waals surface area (Å²) in [6.45, 7) is 6.11. The second-order valence-electron chi connectivity index (χ2n) is 4.92. The number of hydrogen-bond donors (Lipinski definition) is 3. The summed E-state index contributed by atoms with van der Waals surface area (Å²) in [6, 6.07) is 7.08. The number of sulfonamides is 1. The maximum Gasteiger partial charge on any atom is 0.232 e. The van der Waals surface area contributed by atoms with Crippen LogP contribution in [0.25, 0.3) is 0 Å². The van der Waals surface area contributed by atoms with Gasteiger partial charge in [0.05, 0.1) is 5.75 Å². The fraction of sp³-hybridized carbons (Fsp3) is 0.500. The van der Waals surface area contributed by atoms with E-state index in [4.69, 9.17) is 5.73 Å². The van der Waals surface area contributed by atoms with Crippen molar-refractivity contribution in [3.8, 4) is 0 Å². The van der Waals surface area contributed by atoms with E-state index in [2.05, 4.69) is 10.0 Å². The van der Waals surface area contributed by atoms with Gasteiger partial charge in [0, 0.05) is 23.5 Å². The molecule has 0 bridgehead atoms. The Morgan fingerprint density at radius 2 is 1.63 bits per heavy atom. The predicted octanol–water partition coefficient (Wildman–Crippen LogP) is 2.02. The van der Waals surface area contributed by atoms with Crippen molar-refractivity contribution in [3.63, 3.8) is 0 Å². The van der Waals surface area contributed by atoms with Crippen molar-refractivity contribution in [1.82, 2.24) is 0 Å². The first-order valence-corrected chi connectivity index (χ1v) is 7.50. The SMILES string of the molecule is CCS(=O)(=O)Nc1ccc(NCC(C)(C)N)cc1.Cl. The zero-order chi connectivity index (χ0) is 13.8. The molecule has 0 fully saturated rings. The minimum absolute atomic E-state index is 0. The van der Waals surface area contributed by atoms with E-state index in [1.165, 1.54) is 0 Å². The van der Waals surface area contributed by atoms with Gasteiger partial charge in [0.25, 0.3) is 0 Å². The Kier molecular flexibility index (Phi) is 6.62. The molecular formula is C12H22ClN3O2S. The molecule has 4 N–H and O–H groups in total. The van der Waals surface area contributed by atoms with E-state index in [9.17, 15) is 8.42 Å². The van der Waals surface area contributed by atoms with E-state index >= 15 is 0 Å². The largest absolute Gasteiger partial charge is 0.383 e. The Hall–Kier alpha value is -0.980. The summed E-state index contributed by atoms with van der Waals surface area (Å²) in [5, 5.41) is 3.19. The number of benzene rings is 1. The third kappa shape index (κ3) is 7.25. The highest BCUT2D eigenvalue weighted by Crippen LogP contribution is 2.15. The third-order valence-electron chi connectivity index (χ3n) is 2.29. The molecule has 0 saturated heterocycles. The van der Waals surface area contributed by atoms with Crippen LogP contribution >= 0.6 is 12.4 Å². The molecule has 0 aliphatic heterocycles. The van der Waals surface area contributed by atoms with Crippen molar-refractivity contribution in [2.75, 3.05) is 22.3 Å². The van der Waals surface area contributed by atoms with Crippen LogP contribution in [0.15, 0.2) is 24.3 Å². The third-order valence-corrected chi connectivity index (χ3v) is 3.59. The van der Waals surface area contributed by atoms with Crippen LogP contribution in [0, 0.1) is 0 Å². The van der Waals surface area contributed by atoms with E-state index in [1.54, 1.807) is 19.1 Å². The van der Waals surface area contributed by atoms with E-state index < -0.39 is 10.0 Å². The van der Waals surface area contributed by atoms with Gasteiger partial charge in [0.15, 0.2) is 0 Å². The second-order valence-corrected chi connectivity index (χ2v) is 6.94. The van der Waals surface area contributed by atoms with Crippen molar-refractivity contribution >= 4 is 33.8 Å². The molecule has 1 aromatic rings. The molecule has 0 unspecified atom stereocenters. The van der Waals surface area contributed by atoms with Gasteiger partial charge in [-0.3, -0.25) is 4.72 Å². The first kappa shape index (κ1) is 18.0. The fourth-order valence-electron chi connectivity index (χ4n) is 1.24. The molecule has 0 saturated carbocycles. The molecule has 0 aliphatic carbocycles. The Balaban J connectivity index is 0.00000324. The average molecular weight is 308 g/mol. The Bertz CT molecular complexity index is 481. The predicted molar refractivity (Wildman–Crippen MR) is 83.5 cm³/mol. The number of nitrogens with one attached hydrogen (secondary N) is 2. The van der Waals surface area contributed by atoms with Crippen LogP contribution in [0.5, 0.6) is 0 Å². The summed E-state index contributed by atoms with van der Waals surface area (Å²) < 4.78 is 25.2. The molecule has 5 nitrogen and oxygen atoms in total.